The van der Waals surface area contributed by atoms with Gasteiger partial charge < -0.3 is 23.7 Å². The first-order chi connectivity index (χ1) is 11.0. The molecule has 2 heterocycles. The highest BCUT2D eigenvalue weighted by molar-refractivity contribution is 6.74. The van der Waals surface area contributed by atoms with Gasteiger partial charge in [0.05, 0.1) is 12.7 Å². The summed E-state index contributed by atoms with van der Waals surface area (Å²) < 4.78 is 24.1. The SMILES string of the molecule is CCC[C@H](O[Si](C)(C)C(C)(C)C)[C@@H](OC)[C@H]1O[C@]1(C)[C@@H]1O[C@@H]1CO. The molecular formula is C18H36O5Si. The van der Waals surface area contributed by atoms with Gasteiger partial charge in [-0.05, 0) is 31.5 Å². The quantitative estimate of drug-likeness (QED) is 0.506. The van der Waals surface area contributed by atoms with Crippen LogP contribution in [0.5, 0.6) is 0 Å². The maximum absolute atomic E-state index is 9.25. The normalized spacial score (nSPS) is 35.6. The van der Waals surface area contributed by atoms with Crippen LogP contribution in [-0.4, -0.2) is 63.3 Å². The van der Waals surface area contributed by atoms with Crippen LogP contribution in [0.3, 0.4) is 0 Å². The summed E-state index contributed by atoms with van der Waals surface area (Å²) in [5.74, 6) is 0. The van der Waals surface area contributed by atoms with E-state index in [9.17, 15) is 5.11 Å². The lowest BCUT2D eigenvalue weighted by Crippen LogP contribution is -2.49. The van der Waals surface area contributed by atoms with E-state index in [1.165, 1.54) is 0 Å². The third kappa shape index (κ3) is 3.89. The van der Waals surface area contributed by atoms with Gasteiger partial charge in [-0.3, -0.25) is 0 Å². The molecule has 24 heavy (non-hydrogen) atoms. The van der Waals surface area contributed by atoms with Gasteiger partial charge in [-0.15, -0.1) is 0 Å². The second-order valence-electron chi connectivity index (χ2n) is 8.91. The van der Waals surface area contributed by atoms with Crippen molar-refractivity contribution in [3.63, 3.8) is 0 Å². The molecule has 0 aliphatic carbocycles. The summed E-state index contributed by atoms with van der Waals surface area (Å²) in [6, 6.07) is 0. The van der Waals surface area contributed by atoms with Gasteiger partial charge in [-0.2, -0.15) is 0 Å². The van der Waals surface area contributed by atoms with Crippen LogP contribution in [0.15, 0.2) is 0 Å². The summed E-state index contributed by atoms with van der Waals surface area (Å²) in [5.41, 5.74) is -0.364. The van der Waals surface area contributed by atoms with Crippen LogP contribution < -0.4 is 0 Å². The van der Waals surface area contributed by atoms with Crippen LogP contribution in [0.2, 0.25) is 18.1 Å². The second kappa shape index (κ2) is 6.97. The molecule has 5 nitrogen and oxygen atoms in total. The topological polar surface area (TPSA) is 63.8 Å². The van der Waals surface area contributed by atoms with Crippen LogP contribution in [0, 0.1) is 0 Å². The Balaban J connectivity index is 2.08. The second-order valence-corrected chi connectivity index (χ2v) is 13.7. The average molecular weight is 361 g/mol. The van der Waals surface area contributed by atoms with Crippen LogP contribution in [-0.2, 0) is 18.6 Å². The standard InChI is InChI=1S/C18H36O5Si/c1-9-10-12(23-24(7,8)17(2,3)4)14(20-6)16-18(5,22-16)15-13(11-19)21-15/h12-16,19H,9-11H2,1-8H3/t12-,13+,14+,15+,16+,18+/m0/s1. The zero-order valence-electron chi connectivity index (χ0n) is 16.6. The van der Waals surface area contributed by atoms with Crippen LogP contribution in [0.25, 0.3) is 0 Å². The van der Waals surface area contributed by atoms with E-state index in [2.05, 4.69) is 47.7 Å². The number of ether oxygens (including phenoxy) is 3. The van der Waals surface area contributed by atoms with Crippen molar-refractivity contribution >= 4 is 8.32 Å². The summed E-state index contributed by atoms with van der Waals surface area (Å²) in [7, 11) is -0.150. The lowest BCUT2D eigenvalue weighted by Gasteiger charge is -2.41. The molecule has 2 aliphatic heterocycles. The van der Waals surface area contributed by atoms with E-state index in [-0.39, 0.29) is 47.8 Å². The fourth-order valence-electron chi connectivity index (χ4n) is 3.25. The van der Waals surface area contributed by atoms with Gasteiger partial charge in [0.25, 0.3) is 0 Å². The minimum atomic E-state index is -1.89. The number of methoxy groups -OCH3 is 1. The molecule has 0 aromatic heterocycles. The molecular weight excluding hydrogens is 324 g/mol. The van der Waals surface area contributed by atoms with E-state index >= 15 is 0 Å². The number of epoxide rings is 2. The fraction of sp³-hybridized carbons (Fsp3) is 1.00. The van der Waals surface area contributed by atoms with Crippen molar-refractivity contribution in [2.24, 2.45) is 0 Å². The Morgan fingerprint density at radius 3 is 2.33 bits per heavy atom. The maximum atomic E-state index is 9.25. The molecule has 0 aromatic rings. The number of hydrogen-bond acceptors (Lipinski definition) is 5. The molecule has 0 radical (unpaired) electrons. The molecule has 0 unspecified atom stereocenters. The summed E-state index contributed by atoms with van der Waals surface area (Å²) in [6.07, 6.45) is 1.76. The van der Waals surface area contributed by atoms with E-state index < -0.39 is 8.32 Å². The Kier molecular flexibility index (Phi) is 5.90. The lowest BCUT2D eigenvalue weighted by atomic mass is 9.94. The Hall–Kier alpha value is 0.0169. The van der Waals surface area contributed by atoms with Crippen molar-refractivity contribution in [3.05, 3.63) is 0 Å². The number of rotatable bonds is 9. The molecule has 2 aliphatic rings. The molecule has 2 saturated heterocycles. The number of aliphatic hydroxyl groups excluding tert-OH is 1. The molecule has 0 bridgehead atoms. The molecule has 2 fully saturated rings. The molecule has 6 atom stereocenters. The third-order valence-electron chi connectivity index (χ3n) is 5.98. The molecule has 2 rings (SSSR count). The van der Waals surface area contributed by atoms with Gasteiger partial charge in [0, 0.05) is 7.11 Å². The molecule has 0 amide bonds. The van der Waals surface area contributed by atoms with E-state index in [0.29, 0.717) is 0 Å². The summed E-state index contributed by atoms with van der Waals surface area (Å²) in [4.78, 5) is 0. The summed E-state index contributed by atoms with van der Waals surface area (Å²) >= 11 is 0. The zero-order valence-corrected chi connectivity index (χ0v) is 17.6. The van der Waals surface area contributed by atoms with Crippen molar-refractivity contribution in [3.8, 4) is 0 Å². The van der Waals surface area contributed by atoms with E-state index in [0.717, 1.165) is 12.8 Å². The van der Waals surface area contributed by atoms with Crippen LogP contribution in [0.1, 0.15) is 47.5 Å². The van der Waals surface area contributed by atoms with Gasteiger partial charge in [-0.25, -0.2) is 0 Å². The lowest BCUT2D eigenvalue weighted by molar-refractivity contribution is -0.0239. The zero-order chi connectivity index (χ0) is 18.3. The molecule has 1 N–H and O–H groups in total. The van der Waals surface area contributed by atoms with Crippen molar-refractivity contribution in [1.82, 2.24) is 0 Å². The Morgan fingerprint density at radius 1 is 1.29 bits per heavy atom. The molecule has 6 heteroatoms. The van der Waals surface area contributed by atoms with Crippen LogP contribution >= 0.6 is 0 Å². The van der Waals surface area contributed by atoms with Gasteiger partial charge in [0.1, 0.15) is 30.0 Å². The van der Waals surface area contributed by atoms with Crippen LogP contribution in [0.4, 0.5) is 0 Å². The molecule has 142 valence electrons. The fourth-order valence-corrected chi connectivity index (χ4v) is 4.61. The first kappa shape index (κ1) is 20.3. The Labute approximate surface area is 148 Å². The van der Waals surface area contributed by atoms with Crippen molar-refractivity contribution in [1.29, 1.82) is 0 Å². The van der Waals surface area contributed by atoms with E-state index in [4.69, 9.17) is 18.6 Å². The minimum Gasteiger partial charge on any atom is -0.411 e. The largest absolute Gasteiger partial charge is 0.411 e. The van der Waals surface area contributed by atoms with Gasteiger partial charge >= 0.3 is 0 Å². The van der Waals surface area contributed by atoms with Gasteiger partial charge in [0.15, 0.2) is 8.32 Å². The molecule has 0 saturated carbocycles. The summed E-state index contributed by atoms with van der Waals surface area (Å²) in [5, 5.41) is 9.41. The average Bonchev–Trinajstić information content (AvgIpc) is 3.35. The predicted octanol–water partition coefficient (Wildman–Crippen LogP) is 3.11. The summed E-state index contributed by atoms with van der Waals surface area (Å²) in [6.45, 7) is 15.6. The van der Waals surface area contributed by atoms with Gasteiger partial charge in [0.2, 0.25) is 0 Å². The molecule has 0 aromatic carbocycles. The highest BCUT2D eigenvalue weighted by Gasteiger charge is 2.70. The predicted molar refractivity (Wildman–Crippen MR) is 96.8 cm³/mol. The highest BCUT2D eigenvalue weighted by Crippen LogP contribution is 2.52. The minimum absolute atomic E-state index is 0.0269. The highest BCUT2D eigenvalue weighted by atomic mass is 28.4. The van der Waals surface area contributed by atoms with E-state index in [1.807, 2.05) is 0 Å². The smallest absolute Gasteiger partial charge is 0.192 e. The third-order valence-corrected chi connectivity index (χ3v) is 10.5. The van der Waals surface area contributed by atoms with Gasteiger partial charge in [-0.1, -0.05) is 34.1 Å². The number of aliphatic hydroxyl groups is 1. The molecule has 0 spiro atoms. The first-order valence-electron chi connectivity index (χ1n) is 9.16. The van der Waals surface area contributed by atoms with Crippen molar-refractivity contribution in [2.45, 2.75) is 102 Å². The number of hydrogen-bond donors (Lipinski definition) is 1. The monoisotopic (exact) mass is 360 g/mol. The Bertz CT molecular complexity index is 436. The van der Waals surface area contributed by atoms with E-state index in [1.54, 1.807) is 7.11 Å². The first-order valence-corrected chi connectivity index (χ1v) is 12.1. The maximum Gasteiger partial charge on any atom is 0.192 e. The van der Waals surface area contributed by atoms with Crippen molar-refractivity contribution in [2.75, 3.05) is 13.7 Å². The van der Waals surface area contributed by atoms with Crippen molar-refractivity contribution < 1.29 is 23.7 Å². The Morgan fingerprint density at radius 2 is 1.92 bits per heavy atom.